The average Bonchev–Trinajstić information content (AvgIpc) is 3.48. The summed E-state index contributed by atoms with van der Waals surface area (Å²) in [6.45, 7) is 6.04. The Bertz CT molecular complexity index is 1560. The summed E-state index contributed by atoms with van der Waals surface area (Å²) in [6.07, 6.45) is 4.32. The normalized spacial score (nSPS) is 19.7. The number of piperidine rings is 2. The summed E-state index contributed by atoms with van der Waals surface area (Å²) in [5.41, 5.74) is 2.49. The third-order valence-electron chi connectivity index (χ3n) is 9.70. The molecule has 2 aromatic carbocycles. The highest BCUT2D eigenvalue weighted by Gasteiger charge is 2.35. The lowest BCUT2D eigenvalue weighted by Crippen LogP contribution is -2.56. The molecule has 1 atom stereocenters. The second kappa shape index (κ2) is 14.9. The average molecular weight is 759 g/mol. The SMILES string of the molecule is CN1CCC(N2CCN(C(=O)[C@@H](Cc3ccc(Br)c(Br)c3)OC(=O)N3CCC(n4cc(-c5ccccc5)[nH]c4=O)CC3)CC2)CC1. The van der Waals surface area contributed by atoms with Gasteiger partial charge in [0.15, 0.2) is 6.10 Å². The maximum absolute atomic E-state index is 13.9. The lowest BCUT2D eigenvalue weighted by molar-refractivity contribution is -0.143. The molecule has 1 N–H and O–H groups in total. The van der Waals surface area contributed by atoms with E-state index in [1.165, 1.54) is 0 Å². The van der Waals surface area contributed by atoms with Gasteiger partial charge in [-0.1, -0.05) is 36.4 Å². The van der Waals surface area contributed by atoms with Gasteiger partial charge in [-0.15, -0.1) is 0 Å². The number of carbonyl (C=O) groups is 2. The molecule has 6 rings (SSSR count). The molecule has 0 saturated carbocycles. The van der Waals surface area contributed by atoms with Crippen molar-refractivity contribution in [2.75, 3.05) is 59.4 Å². The maximum Gasteiger partial charge on any atom is 0.410 e. The fraction of sp³-hybridized carbons (Fsp3) is 0.500. The predicted octanol–water partition coefficient (Wildman–Crippen LogP) is 4.99. The number of rotatable bonds is 7. The van der Waals surface area contributed by atoms with Gasteiger partial charge in [-0.3, -0.25) is 14.3 Å². The number of piperazine rings is 1. The lowest BCUT2D eigenvalue weighted by atomic mass is 10.0. The topological polar surface area (TPSA) is 94.1 Å². The number of H-pyrrole nitrogens is 1. The van der Waals surface area contributed by atoms with Gasteiger partial charge >= 0.3 is 11.8 Å². The van der Waals surface area contributed by atoms with Crippen molar-refractivity contribution in [1.82, 2.24) is 29.2 Å². The number of nitrogens with zero attached hydrogens (tertiary/aromatic N) is 5. The van der Waals surface area contributed by atoms with Gasteiger partial charge in [-0.25, -0.2) is 9.59 Å². The predicted molar refractivity (Wildman–Crippen MR) is 185 cm³/mol. The minimum Gasteiger partial charge on any atom is -0.436 e. The second-order valence-corrected chi connectivity index (χ2v) is 14.4. The number of hydrogen-bond acceptors (Lipinski definition) is 6. The van der Waals surface area contributed by atoms with Gasteiger partial charge in [0.05, 0.1) is 5.69 Å². The van der Waals surface area contributed by atoms with Crippen molar-refractivity contribution in [2.24, 2.45) is 0 Å². The van der Waals surface area contributed by atoms with Crippen LogP contribution < -0.4 is 5.69 Å². The van der Waals surface area contributed by atoms with Gasteiger partial charge in [0.2, 0.25) is 0 Å². The molecule has 0 aliphatic carbocycles. The first-order chi connectivity index (χ1) is 22.2. The number of amides is 2. The Kier molecular flexibility index (Phi) is 10.7. The quantitative estimate of drug-likeness (QED) is 0.365. The van der Waals surface area contributed by atoms with E-state index in [0.717, 1.165) is 64.8 Å². The molecule has 0 radical (unpaired) electrons. The number of carbonyl (C=O) groups excluding carboxylic acids is 2. The van der Waals surface area contributed by atoms with Crippen LogP contribution in [0.5, 0.6) is 0 Å². The standard InChI is InChI=1S/C34H42Br2N6O4/c1-38-13-9-26(10-14-38)39-17-19-40(20-18-39)32(43)31(22-24-7-8-28(35)29(36)21-24)46-34(45)41-15-11-27(12-16-41)42-23-30(37-33(42)44)25-5-3-2-4-6-25/h2-8,21,23,26-27,31H,9-20,22H2,1H3,(H,37,44)/t31-/m1/s1. The number of aromatic nitrogens is 2. The Balaban J connectivity index is 1.09. The zero-order chi connectivity index (χ0) is 32.2. The molecule has 3 aliphatic heterocycles. The first-order valence-corrected chi connectivity index (χ1v) is 17.8. The molecule has 0 spiro atoms. The second-order valence-electron chi connectivity index (χ2n) is 12.7. The highest BCUT2D eigenvalue weighted by molar-refractivity contribution is 9.13. The van der Waals surface area contributed by atoms with Crippen LogP contribution in [0.4, 0.5) is 4.79 Å². The van der Waals surface area contributed by atoms with E-state index in [1.54, 1.807) is 9.47 Å². The third-order valence-corrected chi connectivity index (χ3v) is 11.6. The van der Waals surface area contributed by atoms with Crippen molar-refractivity contribution in [1.29, 1.82) is 0 Å². The maximum atomic E-state index is 13.9. The Labute approximate surface area is 286 Å². The number of hydrogen-bond donors (Lipinski definition) is 1. The molecule has 246 valence electrons. The molecule has 4 heterocycles. The molecule has 46 heavy (non-hydrogen) atoms. The van der Waals surface area contributed by atoms with Crippen molar-refractivity contribution in [2.45, 2.75) is 50.3 Å². The van der Waals surface area contributed by atoms with Crippen LogP contribution in [0.3, 0.4) is 0 Å². The fourth-order valence-electron chi connectivity index (χ4n) is 6.90. The molecule has 3 fully saturated rings. The first-order valence-electron chi connectivity index (χ1n) is 16.2. The fourth-order valence-corrected chi connectivity index (χ4v) is 7.57. The van der Waals surface area contributed by atoms with Crippen molar-refractivity contribution in [3.63, 3.8) is 0 Å². The molecule has 1 aromatic heterocycles. The number of benzene rings is 2. The van der Waals surface area contributed by atoms with Crippen LogP contribution >= 0.6 is 31.9 Å². The Morgan fingerprint density at radius 3 is 2.20 bits per heavy atom. The van der Waals surface area contributed by atoms with Crippen LogP contribution in [0.1, 0.15) is 37.3 Å². The third kappa shape index (κ3) is 7.78. The lowest BCUT2D eigenvalue weighted by Gasteiger charge is -2.42. The Morgan fingerprint density at radius 1 is 0.848 bits per heavy atom. The summed E-state index contributed by atoms with van der Waals surface area (Å²) in [4.78, 5) is 51.6. The smallest absolute Gasteiger partial charge is 0.410 e. The Morgan fingerprint density at radius 2 is 1.52 bits per heavy atom. The van der Waals surface area contributed by atoms with Gasteiger partial charge in [-0.2, -0.15) is 0 Å². The largest absolute Gasteiger partial charge is 0.436 e. The van der Waals surface area contributed by atoms with E-state index in [0.29, 0.717) is 51.5 Å². The molecule has 2 amide bonds. The minimum atomic E-state index is -0.922. The van der Waals surface area contributed by atoms with E-state index < -0.39 is 12.2 Å². The zero-order valence-electron chi connectivity index (χ0n) is 26.2. The van der Waals surface area contributed by atoms with Crippen LogP contribution in [-0.2, 0) is 16.0 Å². The van der Waals surface area contributed by atoms with Gasteiger partial charge < -0.3 is 24.4 Å². The summed E-state index contributed by atoms with van der Waals surface area (Å²) < 4.78 is 9.58. The van der Waals surface area contributed by atoms with Crippen molar-refractivity contribution in [3.8, 4) is 11.3 Å². The number of aromatic amines is 1. The number of likely N-dealkylation sites (tertiary alicyclic amines) is 2. The van der Waals surface area contributed by atoms with Crippen LogP contribution in [0.25, 0.3) is 11.3 Å². The summed E-state index contributed by atoms with van der Waals surface area (Å²) in [5.74, 6) is -0.141. The molecule has 0 bridgehead atoms. The zero-order valence-corrected chi connectivity index (χ0v) is 29.4. The summed E-state index contributed by atoms with van der Waals surface area (Å²) in [6, 6.07) is 16.1. The van der Waals surface area contributed by atoms with E-state index in [-0.39, 0.29) is 17.6 Å². The number of imidazole rings is 1. The van der Waals surface area contributed by atoms with E-state index in [1.807, 2.05) is 59.6 Å². The Hall–Kier alpha value is -2.93. The van der Waals surface area contributed by atoms with Crippen LogP contribution in [-0.4, -0.2) is 113 Å². The van der Waals surface area contributed by atoms with E-state index in [2.05, 4.69) is 53.7 Å². The minimum absolute atomic E-state index is 0.0244. The van der Waals surface area contributed by atoms with Crippen LogP contribution in [0, 0.1) is 0 Å². The van der Waals surface area contributed by atoms with Crippen LogP contribution in [0.2, 0.25) is 0 Å². The van der Waals surface area contributed by atoms with E-state index >= 15 is 0 Å². The van der Waals surface area contributed by atoms with Gasteiger partial charge in [0, 0.05) is 72.9 Å². The van der Waals surface area contributed by atoms with Gasteiger partial charge in [0.25, 0.3) is 5.91 Å². The van der Waals surface area contributed by atoms with Crippen molar-refractivity contribution < 1.29 is 14.3 Å². The number of nitrogens with one attached hydrogen (secondary N) is 1. The monoisotopic (exact) mass is 756 g/mol. The molecule has 3 saturated heterocycles. The highest BCUT2D eigenvalue weighted by Crippen LogP contribution is 2.27. The molecule has 3 aliphatic rings. The van der Waals surface area contributed by atoms with E-state index in [4.69, 9.17) is 4.74 Å². The van der Waals surface area contributed by atoms with Crippen LogP contribution in [0.15, 0.2) is 68.5 Å². The highest BCUT2D eigenvalue weighted by atomic mass is 79.9. The van der Waals surface area contributed by atoms with Crippen molar-refractivity contribution in [3.05, 3.63) is 79.7 Å². The molecule has 3 aromatic rings. The first kappa shape index (κ1) is 33.0. The molecule has 0 unspecified atom stereocenters. The molecule has 12 heteroatoms. The van der Waals surface area contributed by atoms with Gasteiger partial charge in [-0.05, 0) is 101 Å². The summed E-state index contributed by atoms with van der Waals surface area (Å²) >= 11 is 7.08. The molecular weight excluding hydrogens is 716 g/mol. The summed E-state index contributed by atoms with van der Waals surface area (Å²) in [5, 5.41) is 0. The number of halogens is 2. The molecular formula is C34H42Br2N6O4. The summed E-state index contributed by atoms with van der Waals surface area (Å²) in [7, 11) is 2.17. The molecule has 10 nitrogen and oxygen atoms in total. The van der Waals surface area contributed by atoms with Gasteiger partial charge in [0.1, 0.15) is 0 Å². The number of ether oxygens (including phenoxy) is 1. The van der Waals surface area contributed by atoms with E-state index in [9.17, 15) is 14.4 Å². The van der Waals surface area contributed by atoms with Crippen molar-refractivity contribution >= 4 is 43.9 Å².